The minimum atomic E-state index is -0.410. The van der Waals surface area contributed by atoms with Crippen LogP contribution in [0.3, 0.4) is 0 Å². The summed E-state index contributed by atoms with van der Waals surface area (Å²) in [6, 6.07) is 6.77. The highest BCUT2D eigenvalue weighted by Crippen LogP contribution is 2.39. The number of carbonyl (C=O) groups excluding carboxylic acids is 1. The van der Waals surface area contributed by atoms with Crippen LogP contribution in [0.2, 0.25) is 0 Å². The average molecular weight is 380 g/mol. The van der Waals surface area contributed by atoms with E-state index in [-0.39, 0.29) is 17.4 Å². The molecule has 146 valence electrons. The van der Waals surface area contributed by atoms with Gasteiger partial charge >= 0.3 is 0 Å². The van der Waals surface area contributed by atoms with Gasteiger partial charge in [0.05, 0.1) is 0 Å². The van der Waals surface area contributed by atoms with Crippen LogP contribution in [-0.4, -0.2) is 64.6 Å². The second-order valence-corrected chi connectivity index (χ2v) is 7.82. The van der Waals surface area contributed by atoms with E-state index in [1.165, 1.54) is 0 Å². The lowest BCUT2D eigenvalue weighted by Gasteiger charge is -2.44. The number of anilines is 1. The van der Waals surface area contributed by atoms with Gasteiger partial charge in [-0.3, -0.25) is 14.2 Å². The van der Waals surface area contributed by atoms with Crippen molar-refractivity contribution in [3.63, 3.8) is 0 Å². The van der Waals surface area contributed by atoms with Crippen molar-refractivity contribution in [2.75, 3.05) is 44.2 Å². The summed E-state index contributed by atoms with van der Waals surface area (Å²) in [6.07, 6.45) is 4.43. The lowest BCUT2D eigenvalue weighted by molar-refractivity contribution is -0.138. The number of piperazine rings is 1. The first kappa shape index (κ1) is 17.4. The highest BCUT2D eigenvalue weighted by molar-refractivity contribution is 5.81. The topological polar surface area (TPSA) is 83.4 Å². The third-order valence-corrected chi connectivity index (χ3v) is 6.23. The molecule has 3 atom stereocenters. The van der Waals surface area contributed by atoms with Gasteiger partial charge in [0.2, 0.25) is 11.9 Å². The molecule has 1 N–H and O–H groups in total. The largest absolute Gasteiger partial charge is 0.337 e. The lowest BCUT2D eigenvalue weighted by Crippen LogP contribution is -2.56. The van der Waals surface area contributed by atoms with Crippen LogP contribution in [0.15, 0.2) is 41.5 Å². The molecule has 8 nitrogen and oxygen atoms in total. The Morgan fingerprint density at radius 3 is 2.61 bits per heavy atom. The molecular formula is C20H24N6O2. The Bertz CT molecular complexity index is 922. The van der Waals surface area contributed by atoms with E-state index in [0.717, 1.165) is 25.2 Å². The number of hydrogen-bond donors (Lipinski definition) is 1. The molecule has 2 aromatic rings. The van der Waals surface area contributed by atoms with Crippen LogP contribution >= 0.6 is 0 Å². The van der Waals surface area contributed by atoms with Crippen molar-refractivity contribution >= 4 is 11.9 Å². The lowest BCUT2D eigenvalue weighted by atomic mass is 9.79. The van der Waals surface area contributed by atoms with Crippen molar-refractivity contribution in [2.24, 2.45) is 5.92 Å². The number of nitrogens with zero attached hydrogens (tertiary/aromatic N) is 5. The monoisotopic (exact) mass is 380 g/mol. The van der Waals surface area contributed by atoms with Crippen molar-refractivity contribution in [1.82, 2.24) is 24.8 Å². The SMILES string of the molecule is O=C([C@H]1[C@@H]2CNC[C@@H](C2)c2cccc(=O)n21)N1CCN(c2ncccn2)CC1. The molecule has 3 aliphatic heterocycles. The summed E-state index contributed by atoms with van der Waals surface area (Å²) in [5.41, 5.74) is 0.925. The third-order valence-electron chi connectivity index (χ3n) is 6.23. The standard InChI is InChI=1S/C20H24N6O2/c27-17-4-1-3-16-14-11-15(13-21-12-14)18(26(16)17)19(28)24-7-9-25(10-8-24)20-22-5-2-6-23-20/h1-6,14-15,18,21H,7-13H2/t14-,15+,18-/m1/s1. The zero-order valence-electron chi connectivity index (χ0n) is 15.7. The predicted octanol–water partition coefficient (Wildman–Crippen LogP) is 0.235. The number of aromatic nitrogens is 3. The molecule has 2 saturated heterocycles. The molecule has 8 heteroatoms. The molecular weight excluding hydrogens is 356 g/mol. The molecule has 5 heterocycles. The van der Waals surface area contributed by atoms with Gasteiger partial charge in [0.25, 0.3) is 5.56 Å². The van der Waals surface area contributed by atoms with E-state index in [2.05, 4.69) is 20.2 Å². The molecule has 0 saturated carbocycles. The summed E-state index contributed by atoms with van der Waals surface area (Å²) in [4.78, 5) is 38.8. The summed E-state index contributed by atoms with van der Waals surface area (Å²) in [6.45, 7) is 4.29. The minimum Gasteiger partial charge on any atom is -0.337 e. The van der Waals surface area contributed by atoms with Crippen molar-refractivity contribution in [3.8, 4) is 0 Å². The van der Waals surface area contributed by atoms with E-state index in [1.54, 1.807) is 29.1 Å². The maximum Gasteiger partial charge on any atom is 0.251 e. The van der Waals surface area contributed by atoms with Gasteiger partial charge in [-0.15, -0.1) is 0 Å². The molecule has 5 rings (SSSR count). The van der Waals surface area contributed by atoms with E-state index >= 15 is 0 Å². The van der Waals surface area contributed by atoms with Crippen LogP contribution < -0.4 is 15.8 Å². The smallest absolute Gasteiger partial charge is 0.251 e. The number of pyridine rings is 1. The number of amides is 1. The Kier molecular flexibility index (Phi) is 4.35. The highest BCUT2D eigenvalue weighted by Gasteiger charge is 2.43. The fourth-order valence-corrected chi connectivity index (χ4v) is 4.88. The van der Waals surface area contributed by atoms with Crippen LogP contribution in [0.1, 0.15) is 24.1 Å². The zero-order valence-corrected chi connectivity index (χ0v) is 15.7. The van der Waals surface area contributed by atoms with Crippen molar-refractivity contribution in [1.29, 1.82) is 0 Å². The number of carbonyl (C=O) groups is 1. The molecule has 2 bridgehead atoms. The van der Waals surface area contributed by atoms with Gasteiger partial charge in [-0.2, -0.15) is 0 Å². The molecule has 2 fully saturated rings. The number of rotatable bonds is 2. The van der Waals surface area contributed by atoms with Gasteiger partial charge in [-0.1, -0.05) is 6.07 Å². The Balaban J connectivity index is 1.38. The summed E-state index contributed by atoms with van der Waals surface area (Å²) >= 11 is 0. The Labute approximate surface area is 163 Å². The maximum atomic E-state index is 13.5. The highest BCUT2D eigenvalue weighted by atomic mass is 16.2. The van der Waals surface area contributed by atoms with Gasteiger partial charge < -0.3 is 15.1 Å². The zero-order chi connectivity index (χ0) is 19.1. The fourth-order valence-electron chi connectivity index (χ4n) is 4.88. The molecule has 0 spiro atoms. The van der Waals surface area contributed by atoms with Gasteiger partial charge in [0.1, 0.15) is 6.04 Å². The number of piperidine rings is 1. The van der Waals surface area contributed by atoms with Crippen LogP contribution in [0, 0.1) is 5.92 Å². The first-order valence-electron chi connectivity index (χ1n) is 9.95. The maximum absolute atomic E-state index is 13.5. The van der Waals surface area contributed by atoms with Crippen LogP contribution in [0.25, 0.3) is 0 Å². The van der Waals surface area contributed by atoms with Crippen LogP contribution in [0.4, 0.5) is 5.95 Å². The summed E-state index contributed by atoms with van der Waals surface area (Å²) in [5.74, 6) is 1.24. The van der Waals surface area contributed by atoms with E-state index in [1.807, 2.05) is 17.0 Å². The van der Waals surface area contributed by atoms with E-state index < -0.39 is 6.04 Å². The predicted molar refractivity (Wildman–Crippen MR) is 104 cm³/mol. The minimum absolute atomic E-state index is 0.0651. The Morgan fingerprint density at radius 1 is 1.04 bits per heavy atom. The molecule has 28 heavy (non-hydrogen) atoms. The van der Waals surface area contributed by atoms with Crippen molar-refractivity contribution in [2.45, 2.75) is 18.4 Å². The third kappa shape index (κ3) is 2.88. The average Bonchev–Trinajstić information content (AvgIpc) is 2.75. The van der Waals surface area contributed by atoms with Gasteiger partial charge in [-0.25, -0.2) is 9.97 Å². The number of hydrogen-bond acceptors (Lipinski definition) is 6. The van der Waals surface area contributed by atoms with Gasteiger partial charge in [0, 0.05) is 75.3 Å². The number of nitrogens with one attached hydrogen (secondary N) is 1. The summed E-state index contributed by atoms with van der Waals surface area (Å²) < 4.78 is 1.77. The molecule has 0 radical (unpaired) electrons. The van der Waals surface area contributed by atoms with Crippen LogP contribution in [-0.2, 0) is 4.79 Å². The molecule has 0 unspecified atom stereocenters. The van der Waals surface area contributed by atoms with Crippen molar-refractivity contribution < 1.29 is 4.79 Å². The van der Waals surface area contributed by atoms with E-state index in [9.17, 15) is 9.59 Å². The Morgan fingerprint density at radius 2 is 1.82 bits per heavy atom. The first-order valence-corrected chi connectivity index (χ1v) is 9.95. The normalized spacial score (nSPS) is 26.6. The van der Waals surface area contributed by atoms with Gasteiger partial charge in [0.15, 0.2) is 0 Å². The van der Waals surface area contributed by atoms with Gasteiger partial charge in [-0.05, 0) is 18.6 Å². The molecule has 1 amide bonds. The van der Waals surface area contributed by atoms with Crippen molar-refractivity contribution in [3.05, 3.63) is 52.7 Å². The molecule has 3 aliphatic rings. The summed E-state index contributed by atoms with van der Waals surface area (Å²) in [7, 11) is 0. The van der Waals surface area contributed by atoms with Crippen LogP contribution in [0.5, 0.6) is 0 Å². The quantitative estimate of drug-likeness (QED) is 0.803. The van der Waals surface area contributed by atoms with E-state index in [0.29, 0.717) is 38.0 Å². The fraction of sp³-hybridized carbons (Fsp3) is 0.500. The molecule has 0 aromatic carbocycles. The summed E-state index contributed by atoms with van der Waals surface area (Å²) in [5, 5.41) is 3.45. The first-order chi connectivity index (χ1) is 13.7. The molecule has 2 aromatic heterocycles. The second-order valence-electron chi connectivity index (χ2n) is 7.82. The molecule has 0 aliphatic carbocycles. The van der Waals surface area contributed by atoms with E-state index in [4.69, 9.17) is 0 Å². The number of fused-ring (bicyclic) bond motifs is 4. The Hall–Kier alpha value is -2.74. The second kappa shape index (κ2) is 7.01.